The third-order valence-electron chi connectivity index (χ3n) is 6.61. The molecule has 24 heavy (non-hydrogen) atoms. The van der Waals surface area contributed by atoms with Crippen molar-refractivity contribution in [3.63, 3.8) is 0 Å². The standard InChI is InChI=1S/C21H36OSi2/c1-6-14-23(2,3)18-8-10-19(11-9-18)24(4,5)15-13-17-7-12-20-21(16-17)22-20/h8-11,17,20-21H,6-7,12-16H2,1-5H3. The molecule has 1 nitrogen and oxygen atoms in total. The van der Waals surface area contributed by atoms with Crippen LogP contribution in [0.2, 0.25) is 38.3 Å². The Morgan fingerprint density at radius 3 is 2.00 bits per heavy atom. The number of epoxide rings is 1. The molecule has 1 saturated carbocycles. The lowest BCUT2D eigenvalue weighted by Crippen LogP contribution is -2.45. The van der Waals surface area contributed by atoms with Crippen LogP contribution in [0.3, 0.4) is 0 Å². The van der Waals surface area contributed by atoms with Crippen LogP contribution in [0.15, 0.2) is 24.3 Å². The first kappa shape index (κ1) is 18.4. The molecule has 0 bridgehead atoms. The van der Waals surface area contributed by atoms with Crippen LogP contribution in [0, 0.1) is 5.92 Å². The van der Waals surface area contributed by atoms with Crippen LogP contribution >= 0.6 is 0 Å². The molecule has 1 aliphatic carbocycles. The van der Waals surface area contributed by atoms with Gasteiger partial charge in [-0.05, 0) is 25.2 Å². The highest BCUT2D eigenvalue weighted by Crippen LogP contribution is 2.41. The first-order valence-electron chi connectivity index (χ1n) is 10.1. The molecule has 1 saturated heterocycles. The van der Waals surface area contributed by atoms with Crippen molar-refractivity contribution in [2.24, 2.45) is 5.92 Å². The van der Waals surface area contributed by atoms with E-state index in [-0.39, 0.29) is 0 Å². The SMILES string of the molecule is CCC[Si](C)(C)c1ccc([Si](C)(C)CCC2CCC3OC3C2)cc1. The van der Waals surface area contributed by atoms with Crippen molar-refractivity contribution < 1.29 is 4.74 Å². The van der Waals surface area contributed by atoms with Gasteiger partial charge in [-0.15, -0.1) is 0 Å². The van der Waals surface area contributed by atoms with Crippen molar-refractivity contribution in [1.82, 2.24) is 0 Å². The molecule has 2 aliphatic rings. The van der Waals surface area contributed by atoms with E-state index >= 15 is 0 Å². The van der Waals surface area contributed by atoms with Crippen LogP contribution in [0.1, 0.15) is 39.0 Å². The van der Waals surface area contributed by atoms with Gasteiger partial charge in [-0.1, -0.05) is 92.7 Å². The maximum atomic E-state index is 5.70. The second-order valence-electron chi connectivity index (χ2n) is 9.53. The van der Waals surface area contributed by atoms with Crippen molar-refractivity contribution >= 4 is 26.5 Å². The van der Waals surface area contributed by atoms with E-state index in [0.717, 1.165) is 5.92 Å². The summed E-state index contributed by atoms with van der Waals surface area (Å²) in [4.78, 5) is 0. The molecule has 0 radical (unpaired) electrons. The molecule has 0 spiro atoms. The smallest absolute Gasteiger partial charge is 0.0844 e. The summed E-state index contributed by atoms with van der Waals surface area (Å²) in [5, 5.41) is 3.30. The Balaban J connectivity index is 1.59. The zero-order valence-electron chi connectivity index (χ0n) is 16.4. The lowest BCUT2D eigenvalue weighted by Gasteiger charge is -2.28. The second kappa shape index (κ2) is 7.09. The minimum atomic E-state index is -1.30. The highest BCUT2D eigenvalue weighted by atomic mass is 28.3. The number of fused-ring (bicyclic) bond motifs is 1. The predicted octanol–water partition coefficient (Wildman–Crippen LogP) is 4.89. The van der Waals surface area contributed by atoms with Gasteiger partial charge in [-0.25, -0.2) is 0 Å². The number of benzene rings is 1. The summed E-state index contributed by atoms with van der Waals surface area (Å²) in [5.74, 6) is 0.927. The molecule has 134 valence electrons. The van der Waals surface area contributed by atoms with E-state index in [1.807, 2.05) is 0 Å². The van der Waals surface area contributed by atoms with E-state index in [2.05, 4.69) is 57.4 Å². The van der Waals surface area contributed by atoms with E-state index in [1.54, 1.807) is 10.4 Å². The van der Waals surface area contributed by atoms with E-state index in [1.165, 1.54) is 44.2 Å². The summed E-state index contributed by atoms with van der Waals surface area (Å²) >= 11 is 0. The van der Waals surface area contributed by atoms with Crippen LogP contribution in [0.25, 0.3) is 0 Å². The first-order chi connectivity index (χ1) is 11.3. The zero-order valence-corrected chi connectivity index (χ0v) is 18.4. The summed E-state index contributed by atoms with van der Waals surface area (Å²) in [5.41, 5.74) is 0. The van der Waals surface area contributed by atoms with Gasteiger partial charge in [0.05, 0.1) is 28.4 Å². The lowest BCUT2D eigenvalue weighted by molar-refractivity contribution is 0.357. The predicted molar refractivity (Wildman–Crippen MR) is 111 cm³/mol. The molecule has 0 amide bonds. The van der Waals surface area contributed by atoms with Gasteiger partial charge in [0.25, 0.3) is 0 Å². The minimum Gasteiger partial charge on any atom is -0.370 e. The monoisotopic (exact) mass is 360 g/mol. The Kier molecular flexibility index (Phi) is 5.43. The highest BCUT2D eigenvalue weighted by Gasteiger charge is 2.43. The second-order valence-corrected chi connectivity index (χ2v) is 19.2. The van der Waals surface area contributed by atoms with Crippen molar-refractivity contribution in [1.29, 1.82) is 0 Å². The van der Waals surface area contributed by atoms with Gasteiger partial charge >= 0.3 is 0 Å². The van der Waals surface area contributed by atoms with E-state index < -0.39 is 16.1 Å². The molecule has 3 unspecified atom stereocenters. The van der Waals surface area contributed by atoms with Gasteiger partial charge in [0.2, 0.25) is 0 Å². The van der Waals surface area contributed by atoms with Gasteiger partial charge in [-0.3, -0.25) is 0 Å². The number of rotatable bonds is 7. The Morgan fingerprint density at radius 1 is 0.875 bits per heavy atom. The molecule has 1 heterocycles. The van der Waals surface area contributed by atoms with Crippen molar-refractivity contribution in [3.8, 4) is 0 Å². The highest BCUT2D eigenvalue weighted by molar-refractivity contribution is 6.91. The van der Waals surface area contributed by atoms with E-state index in [9.17, 15) is 0 Å². The molecule has 1 aromatic carbocycles. The van der Waals surface area contributed by atoms with Gasteiger partial charge in [-0.2, -0.15) is 0 Å². The Hall–Kier alpha value is -0.386. The molecule has 1 aliphatic heterocycles. The van der Waals surface area contributed by atoms with Crippen LogP contribution < -0.4 is 10.4 Å². The molecular weight excluding hydrogens is 324 g/mol. The number of hydrogen-bond donors (Lipinski definition) is 0. The summed E-state index contributed by atoms with van der Waals surface area (Å²) in [6, 6.07) is 12.7. The van der Waals surface area contributed by atoms with Crippen molar-refractivity contribution in [2.45, 2.75) is 89.5 Å². The summed E-state index contributed by atoms with van der Waals surface area (Å²) in [7, 11) is -2.51. The molecule has 3 rings (SSSR count). The Labute approximate surface area is 151 Å². The van der Waals surface area contributed by atoms with Crippen molar-refractivity contribution in [2.75, 3.05) is 0 Å². The van der Waals surface area contributed by atoms with Crippen LogP contribution in [-0.2, 0) is 4.74 Å². The van der Waals surface area contributed by atoms with Crippen molar-refractivity contribution in [3.05, 3.63) is 24.3 Å². The molecule has 0 aromatic heterocycles. The van der Waals surface area contributed by atoms with E-state index in [0.29, 0.717) is 12.2 Å². The number of ether oxygens (including phenoxy) is 1. The zero-order chi connectivity index (χ0) is 17.4. The quantitative estimate of drug-likeness (QED) is 0.498. The third kappa shape index (κ3) is 4.23. The molecule has 1 aromatic rings. The summed E-state index contributed by atoms with van der Waals surface area (Å²) in [6.07, 6.45) is 8.08. The maximum absolute atomic E-state index is 5.70. The molecule has 3 heteroatoms. The van der Waals surface area contributed by atoms with E-state index in [4.69, 9.17) is 4.74 Å². The largest absolute Gasteiger partial charge is 0.370 e. The topological polar surface area (TPSA) is 12.5 Å². The summed E-state index contributed by atoms with van der Waals surface area (Å²) in [6.45, 7) is 12.5. The fourth-order valence-electron chi connectivity index (χ4n) is 4.60. The Morgan fingerprint density at radius 2 is 1.46 bits per heavy atom. The van der Waals surface area contributed by atoms with Gasteiger partial charge in [0.1, 0.15) is 0 Å². The average Bonchev–Trinajstić information content (AvgIpc) is 3.32. The first-order valence-corrected chi connectivity index (χ1v) is 16.5. The van der Waals surface area contributed by atoms with Crippen LogP contribution in [0.4, 0.5) is 0 Å². The molecule has 2 fully saturated rings. The fraction of sp³-hybridized carbons (Fsp3) is 0.714. The minimum absolute atomic E-state index is 0.638. The lowest BCUT2D eigenvalue weighted by atomic mass is 9.87. The number of hydrogen-bond acceptors (Lipinski definition) is 1. The summed E-state index contributed by atoms with van der Waals surface area (Å²) < 4.78 is 5.70. The molecule has 3 atom stereocenters. The molecule has 0 N–H and O–H groups in total. The normalized spacial score (nSPS) is 27.0. The van der Waals surface area contributed by atoms with Gasteiger partial charge < -0.3 is 4.74 Å². The van der Waals surface area contributed by atoms with Gasteiger partial charge in [0, 0.05) is 0 Å². The third-order valence-corrected chi connectivity index (χ3v) is 13.7. The fourth-order valence-corrected chi connectivity index (χ4v) is 9.70. The Bertz CT molecular complexity index is 549. The van der Waals surface area contributed by atoms with Gasteiger partial charge in [0.15, 0.2) is 0 Å². The average molecular weight is 361 g/mol. The maximum Gasteiger partial charge on any atom is 0.0844 e. The molecular formula is C21H36OSi2. The van der Waals surface area contributed by atoms with Crippen LogP contribution in [-0.4, -0.2) is 28.4 Å². The van der Waals surface area contributed by atoms with Crippen LogP contribution in [0.5, 0.6) is 0 Å².